The van der Waals surface area contributed by atoms with E-state index in [1.165, 1.54) is 6.07 Å². The molecule has 2 N–H and O–H groups in total. The first-order valence-corrected chi connectivity index (χ1v) is 11.4. The van der Waals surface area contributed by atoms with Crippen LogP contribution in [0.15, 0.2) is 66.9 Å². The molecule has 0 aliphatic carbocycles. The monoisotopic (exact) mass is 478 g/mol. The normalized spacial score (nSPS) is 11.6. The van der Waals surface area contributed by atoms with Crippen molar-refractivity contribution in [1.29, 1.82) is 0 Å². The van der Waals surface area contributed by atoms with Crippen LogP contribution in [-0.4, -0.2) is 35.6 Å². The predicted octanol–water partition coefficient (Wildman–Crippen LogP) is 4.65. The topological polar surface area (TPSA) is 116 Å². The molecule has 0 fully saturated rings. The molecular formula is C26H30N4O5. The number of hydrogen-bond acceptors (Lipinski definition) is 7. The number of rotatable bonds is 13. The van der Waals surface area contributed by atoms with E-state index in [0.29, 0.717) is 32.1 Å². The van der Waals surface area contributed by atoms with Crippen LogP contribution in [0.25, 0.3) is 0 Å². The predicted molar refractivity (Wildman–Crippen MR) is 133 cm³/mol. The Balaban J connectivity index is 1.61. The number of anilines is 1. The molecule has 0 aliphatic heterocycles. The van der Waals surface area contributed by atoms with Gasteiger partial charge in [0.2, 0.25) is 0 Å². The summed E-state index contributed by atoms with van der Waals surface area (Å²) in [6.07, 6.45) is 1.67. The van der Waals surface area contributed by atoms with Crippen molar-refractivity contribution in [1.82, 2.24) is 10.3 Å². The van der Waals surface area contributed by atoms with Crippen LogP contribution in [0, 0.1) is 10.1 Å². The van der Waals surface area contributed by atoms with Crippen molar-refractivity contribution >= 4 is 17.3 Å². The Hall–Kier alpha value is -3.82. The molecule has 1 aromatic heterocycles. The van der Waals surface area contributed by atoms with Crippen LogP contribution in [0.5, 0.6) is 0 Å². The smallest absolute Gasteiger partial charge is 0.293 e. The number of aromatic nitrogens is 1. The van der Waals surface area contributed by atoms with Gasteiger partial charge in [-0.25, -0.2) is 0 Å². The SMILES string of the molecule is CCOCCOCc1cccc(CNC(=O)c2ccc(NC(C)c3ccccn3)c([N+](=O)[O-])c2)c1. The van der Waals surface area contributed by atoms with Gasteiger partial charge < -0.3 is 20.1 Å². The fourth-order valence-corrected chi connectivity index (χ4v) is 3.45. The van der Waals surface area contributed by atoms with Crippen molar-refractivity contribution in [2.45, 2.75) is 33.0 Å². The summed E-state index contributed by atoms with van der Waals surface area (Å²) in [6, 6.07) is 17.4. The third-order valence-corrected chi connectivity index (χ3v) is 5.25. The van der Waals surface area contributed by atoms with Gasteiger partial charge in [0.05, 0.1) is 36.5 Å². The van der Waals surface area contributed by atoms with Crippen molar-refractivity contribution < 1.29 is 19.2 Å². The minimum Gasteiger partial charge on any atom is -0.379 e. The molecule has 0 saturated heterocycles. The number of hydrogen-bond donors (Lipinski definition) is 2. The standard InChI is InChI=1S/C26H30N4O5/c1-3-34-13-14-35-18-21-8-6-7-20(15-21)17-28-26(31)22-10-11-24(25(16-22)30(32)33)29-19(2)23-9-4-5-12-27-23/h4-12,15-16,19,29H,3,13-14,17-18H2,1-2H3,(H,28,31). The van der Waals surface area contributed by atoms with Gasteiger partial charge in [-0.15, -0.1) is 0 Å². The Morgan fingerprint density at radius 2 is 1.86 bits per heavy atom. The van der Waals surface area contributed by atoms with Gasteiger partial charge in [-0.3, -0.25) is 19.9 Å². The van der Waals surface area contributed by atoms with Crippen LogP contribution in [0.3, 0.4) is 0 Å². The number of nitrogens with one attached hydrogen (secondary N) is 2. The molecule has 1 amide bonds. The first-order chi connectivity index (χ1) is 17.0. The van der Waals surface area contributed by atoms with E-state index in [-0.39, 0.29) is 23.8 Å². The number of nitrogens with zero attached hydrogens (tertiary/aromatic N) is 2. The van der Waals surface area contributed by atoms with Gasteiger partial charge in [-0.1, -0.05) is 30.3 Å². The summed E-state index contributed by atoms with van der Waals surface area (Å²) in [6.45, 7) is 6.26. The Morgan fingerprint density at radius 3 is 2.60 bits per heavy atom. The molecule has 3 aromatic rings. The van der Waals surface area contributed by atoms with E-state index in [1.54, 1.807) is 24.4 Å². The zero-order valence-electron chi connectivity index (χ0n) is 19.9. The third kappa shape index (κ3) is 7.87. The zero-order chi connectivity index (χ0) is 25.0. The minimum atomic E-state index is -0.501. The van der Waals surface area contributed by atoms with Gasteiger partial charge in [-0.2, -0.15) is 0 Å². The molecule has 0 spiro atoms. The molecule has 35 heavy (non-hydrogen) atoms. The lowest BCUT2D eigenvalue weighted by Crippen LogP contribution is -2.23. The number of nitro benzene ring substituents is 1. The second kappa shape index (κ2) is 13.2. The molecule has 0 aliphatic rings. The third-order valence-electron chi connectivity index (χ3n) is 5.25. The fourth-order valence-electron chi connectivity index (χ4n) is 3.45. The maximum absolute atomic E-state index is 12.7. The molecule has 2 aromatic carbocycles. The number of nitro groups is 1. The number of benzene rings is 2. The highest BCUT2D eigenvalue weighted by Gasteiger charge is 2.19. The van der Waals surface area contributed by atoms with Crippen LogP contribution >= 0.6 is 0 Å². The molecular weight excluding hydrogens is 448 g/mol. The summed E-state index contributed by atoms with van der Waals surface area (Å²) in [5, 5.41) is 17.6. The minimum absolute atomic E-state index is 0.174. The van der Waals surface area contributed by atoms with E-state index in [1.807, 2.05) is 50.2 Å². The van der Waals surface area contributed by atoms with Crippen LogP contribution in [0.4, 0.5) is 11.4 Å². The lowest BCUT2D eigenvalue weighted by molar-refractivity contribution is -0.384. The highest BCUT2D eigenvalue weighted by molar-refractivity contribution is 5.95. The maximum atomic E-state index is 12.7. The Kier molecular flexibility index (Phi) is 9.70. The Morgan fingerprint density at radius 1 is 1.06 bits per heavy atom. The van der Waals surface area contributed by atoms with Gasteiger partial charge in [0, 0.05) is 31.0 Å². The number of amides is 1. The molecule has 0 radical (unpaired) electrons. The van der Waals surface area contributed by atoms with Gasteiger partial charge in [0.15, 0.2) is 0 Å². The molecule has 0 saturated carbocycles. The molecule has 9 nitrogen and oxygen atoms in total. The molecule has 0 bridgehead atoms. The van der Waals surface area contributed by atoms with Crippen LogP contribution in [-0.2, 0) is 22.6 Å². The Bertz CT molecular complexity index is 1120. The number of pyridine rings is 1. The van der Waals surface area contributed by atoms with Crippen molar-refractivity contribution in [2.75, 3.05) is 25.1 Å². The average Bonchev–Trinajstić information content (AvgIpc) is 2.88. The summed E-state index contributed by atoms with van der Waals surface area (Å²) in [4.78, 5) is 28.1. The fraction of sp³-hybridized carbons (Fsp3) is 0.308. The van der Waals surface area contributed by atoms with Gasteiger partial charge >= 0.3 is 0 Å². The molecule has 184 valence electrons. The van der Waals surface area contributed by atoms with E-state index in [4.69, 9.17) is 9.47 Å². The van der Waals surface area contributed by atoms with E-state index in [9.17, 15) is 14.9 Å². The molecule has 9 heteroatoms. The summed E-state index contributed by atoms with van der Waals surface area (Å²) in [5.74, 6) is -0.393. The first-order valence-electron chi connectivity index (χ1n) is 11.4. The van der Waals surface area contributed by atoms with Gasteiger partial charge in [0.1, 0.15) is 5.69 Å². The lowest BCUT2D eigenvalue weighted by atomic mass is 10.1. The van der Waals surface area contributed by atoms with E-state index in [2.05, 4.69) is 15.6 Å². The highest BCUT2D eigenvalue weighted by Crippen LogP contribution is 2.29. The highest BCUT2D eigenvalue weighted by atomic mass is 16.6. The van der Waals surface area contributed by atoms with Crippen molar-refractivity contribution in [3.05, 3.63) is 99.4 Å². The summed E-state index contributed by atoms with van der Waals surface area (Å²) in [7, 11) is 0. The number of carbonyl (C=O) groups is 1. The van der Waals surface area contributed by atoms with E-state index in [0.717, 1.165) is 16.8 Å². The van der Waals surface area contributed by atoms with Crippen LogP contribution < -0.4 is 10.6 Å². The quantitative estimate of drug-likeness (QED) is 0.209. The van der Waals surface area contributed by atoms with Crippen LogP contribution in [0.1, 0.15) is 47.1 Å². The van der Waals surface area contributed by atoms with Crippen LogP contribution in [0.2, 0.25) is 0 Å². The molecule has 1 atom stereocenters. The van der Waals surface area contributed by atoms with Crippen molar-refractivity contribution in [3.63, 3.8) is 0 Å². The molecule has 1 unspecified atom stereocenters. The first kappa shape index (κ1) is 25.8. The number of ether oxygens (including phenoxy) is 2. The van der Waals surface area contributed by atoms with Gasteiger partial charge in [0.25, 0.3) is 11.6 Å². The largest absolute Gasteiger partial charge is 0.379 e. The summed E-state index contributed by atoms with van der Waals surface area (Å²) < 4.78 is 10.8. The van der Waals surface area contributed by atoms with Crippen molar-refractivity contribution in [2.24, 2.45) is 0 Å². The van der Waals surface area contributed by atoms with Crippen molar-refractivity contribution in [3.8, 4) is 0 Å². The summed E-state index contributed by atoms with van der Waals surface area (Å²) in [5.41, 5.74) is 3.00. The lowest BCUT2D eigenvalue weighted by Gasteiger charge is -2.15. The zero-order valence-corrected chi connectivity index (χ0v) is 19.9. The molecule has 1 heterocycles. The summed E-state index contributed by atoms with van der Waals surface area (Å²) >= 11 is 0. The maximum Gasteiger partial charge on any atom is 0.293 e. The Labute approximate surface area is 204 Å². The molecule has 3 rings (SSSR count). The second-order valence-corrected chi connectivity index (χ2v) is 7.86. The number of carbonyl (C=O) groups excluding carboxylic acids is 1. The average molecular weight is 479 g/mol. The van der Waals surface area contributed by atoms with E-state index < -0.39 is 10.8 Å². The van der Waals surface area contributed by atoms with Gasteiger partial charge in [-0.05, 0) is 49.2 Å². The second-order valence-electron chi connectivity index (χ2n) is 7.86. The van der Waals surface area contributed by atoms with E-state index >= 15 is 0 Å².